The van der Waals surface area contributed by atoms with Crippen LogP contribution >= 0.6 is 0 Å². The largest absolute Gasteiger partial charge is 0.502 e. The van der Waals surface area contributed by atoms with E-state index in [0.29, 0.717) is 5.39 Å². The third-order valence-corrected chi connectivity index (χ3v) is 2.60. The van der Waals surface area contributed by atoms with Gasteiger partial charge >= 0.3 is 11.7 Å². The molecule has 0 unspecified atom stereocenters. The predicted molar refractivity (Wildman–Crippen MR) is 63.6 cm³/mol. The minimum atomic E-state index is -0.742. The van der Waals surface area contributed by atoms with Crippen molar-refractivity contribution in [2.45, 2.75) is 0 Å². The van der Waals surface area contributed by atoms with Crippen LogP contribution < -0.4 is 0 Å². The average molecular weight is 247 g/mol. The van der Waals surface area contributed by atoms with E-state index in [1.165, 1.54) is 13.2 Å². The molecule has 0 heterocycles. The van der Waals surface area contributed by atoms with Crippen LogP contribution in [0.5, 0.6) is 5.75 Å². The highest BCUT2D eigenvalue weighted by Crippen LogP contribution is 2.36. The highest BCUT2D eigenvalue weighted by Gasteiger charge is 2.22. The number of hydrogen-bond donors (Lipinski definition) is 1. The van der Waals surface area contributed by atoms with E-state index in [0.717, 1.165) is 6.07 Å². The molecule has 0 spiro atoms. The quantitative estimate of drug-likeness (QED) is 0.499. The fourth-order valence-corrected chi connectivity index (χ4v) is 1.76. The van der Waals surface area contributed by atoms with Gasteiger partial charge in [0.05, 0.1) is 17.6 Å². The van der Waals surface area contributed by atoms with Gasteiger partial charge in [-0.1, -0.05) is 24.3 Å². The first-order valence-electron chi connectivity index (χ1n) is 5.03. The molecule has 0 aliphatic heterocycles. The minimum Gasteiger partial charge on any atom is -0.502 e. The van der Waals surface area contributed by atoms with Gasteiger partial charge in [-0.25, -0.2) is 4.79 Å². The third-order valence-electron chi connectivity index (χ3n) is 2.60. The summed E-state index contributed by atoms with van der Waals surface area (Å²) in [6.07, 6.45) is 0. The average Bonchev–Trinajstić information content (AvgIpc) is 2.38. The first-order valence-corrected chi connectivity index (χ1v) is 5.03. The maximum atomic E-state index is 11.6. The molecule has 6 heteroatoms. The normalized spacial score (nSPS) is 10.3. The van der Waals surface area contributed by atoms with Gasteiger partial charge in [0.25, 0.3) is 0 Å². The van der Waals surface area contributed by atoms with Crippen molar-refractivity contribution in [1.82, 2.24) is 0 Å². The second-order valence-corrected chi connectivity index (χ2v) is 3.59. The van der Waals surface area contributed by atoms with Gasteiger partial charge in [0.1, 0.15) is 0 Å². The zero-order chi connectivity index (χ0) is 13.3. The molecule has 0 aliphatic rings. The van der Waals surface area contributed by atoms with Crippen LogP contribution in [0.15, 0.2) is 30.3 Å². The Morgan fingerprint density at radius 2 is 1.94 bits per heavy atom. The molecule has 0 fully saturated rings. The molecule has 0 saturated heterocycles. The van der Waals surface area contributed by atoms with E-state index >= 15 is 0 Å². The maximum Gasteiger partial charge on any atom is 0.338 e. The smallest absolute Gasteiger partial charge is 0.338 e. The number of carbonyl (C=O) groups is 1. The molecule has 0 bridgehead atoms. The minimum absolute atomic E-state index is 0.0533. The van der Waals surface area contributed by atoms with Gasteiger partial charge in [0, 0.05) is 16.8 Å². The molecule has 0 aliphatic carbocycles. The number of benzene rings is 2. The van der Waals surface area contributed by atoms with Crippen LogP contribution in [0.25, 0.3) is 10.8 Å². The summed E-state index contributed by atoms with van der Waals surface area (Å²) >= 11 is 0. The molecule has 6 nitrogen and oxygen atoms in total. The van der Waals surface area contributed by atoms with E-state index in [1.54, 1.807) is 18.2 Å². The number of fused-ring (bicyclic) bond motifs is 1. The van der Waals surface area contributed by atoms with E-state index < -0.39 is 22.3 Å². The molecule has 0 aromatic heterocycles. The molecule has 1 N–H and O–H groups in total. The lowest BCUT2D eigenvalue weighted by molar-refractivity contribution is -0.385. The summed E-state index contributed by atoms with van der Waals surface area (Å²) in [5.74, 6) is -1.14. The Kier molecular flexibility index (Phi) is 2.85. The molecule has 0 saturated carbocycles. The van der Waals surface area contributed by atoms with Crippen LogP contribution in [0, 0.1) is 10.1 Å². The predicted octanol–water partition coefficient (Wildman–Crippen LogP) is 2.24. The fourth-order valence-electron chi connectivity index (χ4n) is 1.76. The summed E-state index contributed by atoms with van der Waals surface area (Å²) in [6.45, 7) is 0. The number of carbonyl (C=O) groups excluding carboxylic acids is 1. The first kappa shape index (κ1) is 11.8. The number of rotatable bonds is 2. The number of phenolic OH excluding ortho intramolecular Hbond substituents is 1. The van der Waals surface area contributed by atoms with Gasteiger partial charge in [0.2, 0.25) is 5.75 Å². The lowest BCUT2D eigenvalue weighted by Gasteiger charge is -2.07. The number of ether oxygens (including phenoxy) is 1. The number of aromatic hydroxyl groups is 1. The second kappa shape index (κ2) is 4.33. The number of methoxy groups -OCH3 is 1. The van der Waals surface area contributed by atoms with Crippen LogP contribution in [0.4, 0.5) is 5.69 Å². The lowest BCUT2D eigenvalue weighted by Crippen LogP contribution is -2.03. The zero-order valence-electron chi connectivity index (χ0n) is 9.41. The molecule has 0 amide bonds. The number of nitrogens with zero attached hydrogens (tertiary/aromatic N) is 1. The third kappa shape index (κ3) is 1.73. The summed E-state index contributed by atoms with van der Waals surface area (Å²) in [7, 11) is 1.19. The Morgan fingerprint density at radius 3 is 2.50 bits per heavy atom. The summed E-state index contributed by atoms with van der Waals surface area (Å²) in [5, 5.41) is 21.3. The fraction of sp³-hybridized carbons (Fsp3) is 0.0833. The Bertz CT molecular complexity index is 650. The summed E-state index contributed by atoms with van der Waals surface area (Å²) in [4.78, 5) is 21.7. The number of nitro benzene ring substituents is 1. The van der Waals surface area contributed by atoms with Gasteiger partial charge in [-0.2, -0.15) is 0 Å². The van der Waals surface area contributed by atoms with E-state index in [9.17, 15) is 20.0 Å². The number of nitro groups is 1. The topological polar surface area (TPSA) is 89.7 Å². The van der Waals surface area contributed by atoms with Crippen molar-refractivity contribution in [3.8, 4) is 5.75 Å². The van der Waals surface area contributed by atoms with E-state index in [4.69, 9.17) is 0 Å². The molecule has 2 aromatic rings. The molecule has 2 aromatic carbocycles. The Balaban J connectivity index is 2.88. The van der Waals surface area contributed by atoms with Gasteiger partial charge < -0.3 is 9.84 Å². The highest BCUT2D eigenvalue weighted by molar-refractivity contribution is 6.08. The number of esters is 1. The van der Waals surface area contributed by atoms with Gasteiger partial charge in [-0.15, -0.1) is 0 Å². The van der Waals surface area contributed by atoms with Crippen LogP contribution in [-0.4, -0.2) is 23.1 Å². The van der Waals surface area contributed by atoms with E-state index in [-0.39, 0.29) is 10.9 Å². The van der Waals surface area contributed by atoms with Crippen molar-refractivity contribution in [2.75, 3.05) is 7.11 Å². The van der Waals surface area contributed by atoms with Gasteiger partial charge in [-0.3, -0.25) is 10.1 Å². The van der Waals surface area contributed by atoms with Crippen molar-refractivity contribution < 1.29 is 19.6 Å². The number of hydrogen-bond acceptors (Lipinski definition) is 5. The highest BCUT2D eigenvalue weighted by atomic mass is 16.6. The van der Waals surface area contributed by atoms with Crippen molar-refractivity contribution >= 4 is 22.4 Å². The first-order chi connectivity index (χ1) is 8.56. The number of phenols is 1. The van der Waals surface area contributed by atoms with Crippen LogP contribution in [0.2, 0.25) is 0 Å². The SMILES string of the molecule is COC(=O)c1cc([N+](=O)[O-])c(O)c2ccccc12. The van der Waals surface area contributed by atoms with E-state index in [1.807, 2.05) is 0 Å². The Morgan fingerprint density at radius 1 is 1.33 bits per heavy atom. The molecular formula is C12H9NO5. The van der Waals surface area contributed by atoms with Crippen molar-refractivity contribution in [3.63, 3.8) is 0 Å². The Labute approximate surface area is 102 Å². The van der Waals surface area contributed by atoms with Crippen molar-refractivity contribution in [3.05, 3.63) is 46.0 Å². The van der Waals surface area contributed by atoms with Gasteiger partial charge in [-0.05, 0) is 0 Å². The van der Waals surface area contributed by atoms with Crippen LogP contribution in [0.3, 0.4) is 0 Å². The molecule has 18 heavy (non-hydrogen) atoms. The zero-order valence-corrected chi connectivity index (χ0v) is 9.41. The van der Waals surface area contributed by atoms with Crippen LogP contribution in [0.1, 0.15) is 10.4 Å². The molecule has 0 atom stereocenters. The van der Waals surface area contributed by atoms with Crippen molar-refractivity contribution in [1.29, 1.82) is 0 Å². The second-order valence-electron chi connectivity index (χ2n) is 3.59. The Hall–Kier alpha value is -2.63. The molecule has 2 rings (SSSR count). The maximum absolute atomic E-state index is 11.6. The van der Waals surface area contributed by atoms with E-state index in [2.05, 4.69) is 4.74 Å². The lowest BCUT2D eigenvalue weighted by atomic mass is 10.0. The summed E-state index contributed by atoms with van der Waals surface area (Å²) < 4.78 is 4.58. The summed E-state index contributed by atoms with van der Waals surface area (Å²) in [6, 6.07) is 7.39. The van der Waals surface area contributed by atoms with Crippen molar-refractivity contribution in [2.24, 2.45) is 0 Å². The molecule has 0 radical (unpaired) electrons. The molecular weight excluding hydrogens is 238 g/mol. The summed E-state index contributed by atoms with van der Waals surface area (Å²) in [5.41, 5.74) is -0.466. The molecule has 92 valence electrons. The monoisotopic (exact) mass is 247 g/mol. The standard InChI is InChI=1S/C12H9NO5/c1-18-12(15)9-6-10(13(16)17)11(14)8-5-3-2-4-7(8)9/h2-6,14H,1H3. The van der Waals surface area contributed by atoms with Crippen LogP contribution in [-0.2, 0) is 4.74 Å². The van der Waals surface area contributed by atoms with Gasteiger partial charge in [0.15, 0.2) is 0 Å².